The molecule has 0 atom stereocenters. The predicted molar refractivity (Wildman–Crippen MR) is 81.2 cm³/mol. The Morgan fingerprint density at radius 1 is 1.45 bits per heavy atom. The van der Waals surface area contributed by atoms with Crippen LogP contribution in [0.4, 0.5) is 0 Å². The highest BCUT2D eigenvalue weighted by Gasteiger charge is 2.25. The molecule has 0 bridgehead atoms. The van der Waals surface area contributed by atoms with Crippen molar-refractivity contribution < 1.29 is 8.42 Å². The maximum absolute atomic E-state index is 12.4. The molecular weight excluding hydrogens is 296 g/mol. The van der Waals surface area contributed by atoms with E-state index in [-0.39, 0.29) is 11.1 Å². The Balaban J connectivity index is 2.06. The van der Waals surface area contributed by atoms with Crippen LogP contribution < -0.4 is 10.0 Å². The summed E-state index contributed by atoms with van der Waals surface area (Å²) in [6, 6.07) is 0.333. The van der Waals surface area contributed by atoms with Crippen LogP contribution in [0.1, 0.15) is 32.3 Å². The number of thioether (sulfide) groups is 1. The van der Waals surface area contributed by atoms with Gasteiger partial charge in [0.15, 0.2) is 5.03 Å². The van der Waals surface area contributed by atoms with Gasteiger partial charge in [-0.05, 0) is 24.3 Å². The second-order valence-electron chi connectivity index (χ2n) is 5.27. The molecular formula is C12H22N4O2S2. The average molecular weight is 318 g/mol. The van der Waals surface area contributed by atoms with Crippen LogP contribution in [0.5, 0.6) is 0 Å². The van der Waals surface area contributed by atoms with E-state index < -0.39 is 10.0 Å². The van der Waals surface area contributed by atoms with Crippen molar-refractivity contribution in [2.24, 2.45) is 0 Å². The standard InChI is InChI=1S/C12H22N4O2S2/c1-9(2)13-7-10-8-14-15-12(10)20(17,18)16-11-3-5-19-6-4-11/h8-9,11,13,16H,3-7H2,1-2H3,(H,14,15). The van der Waals surface area contributed by atoms with Gasteiger partial charge < -0.3 is 5.32 Å². The molecule has 0 aliphatic carbocycles. The van der Waals surface area contributed by atoms with Crippen LogP contribution in [-0.4, -0.2) is 42.2 Å². The van der Waals surface area contributed by atoms with Gasteiger partial charge in [0, 0.05) is 24.2 Å². The Hall–Kier alpha value is -0.570. The zero-order chi connectivity index (χ0) is 14.6. The van der Waals surface area contributed by atoms with E-state index in [2.05, 4.69) is 20.2 Å². The molecule has 3 N–H and O–H groups in total. The molecule has 6 nitrogen and oxygen atoms in total. The third-order valence-corrected chi connectivity index (χ3v) is 5.77. The second-order valence-corrected chi connectivity index (χ2v) is 8.14. The largest absolute Gasteiger partial charge is 0.310 e. The summed E-state index contributed by atoms with van der Waals surface area (Å²) in [5.74, 6) is 2.02. The van der Waals surface area contributed by atoms with Crippen LogP contribution in [0.25, 0.3) is 0 Å². The lowest BCUT2D eigenvalue weighted by Gasteiger charge is -2.22. The zero-order valence-corrected chi connectivity index (χ0v) is 13.5. The number of rotatable bonds is 6. The number of nitrogens with one attached hydrogen (secondary N) is 3. The van der Waals surface area contributed by atoms with Crippen LogP contribution >= 0.6 is 11.8 Å². The van der Waals surface area contributed by atoms with Crippen molar-refractivity contribution in [3.05, 3.63) is 11.8 Å². The fraction of sp³-hybridized carbons (Fsp3) is 0.750. The van der Waals surface area contributed by atoms with E-state index >= 15 is 0 Å². The van der Waals surface area contributed by atoms with Crippen molar-refractivity contribution in [3.63, 3.8) is 0 Å². The van der Waals surface area contributed by atoms with Crippen molar-refractivity contribution >= 4 is 21.8 Å². The van der Waals surface area contributed by atoms with E-state index in [1.807, 2.05) is 25.6 Å². The third-order valence-electron chi connectivity index (χ3n) is 3.19. The Bertz CT molecular complexity index is 521. The molecule has 114 valence electrons. The number of aromatic amines is 1. The fourth-order valence-corrected chi connectivity index (χ4v) is 4.61. The van der Waals surface area contributed by atoms with Gasteiger partial charge in [0.2, 0.25) is 0 Å². The number of hydrogen-bond donors (Lipinski definition) is 3. The summed E-state index contributed by atoms with van der Waals surface area (Å²) in [6.07, 6.45) is 3.34. The Morgan fingerprint density at radius 3 is 2.80 bits per heavy atom. The molecule has 0 aromatic carbocycles. The van der Waals surface area contributed by atoms with E-state index in [1.165, 1.54) is 0 Å². The lowest BCUT2D eigenvalue weighted by molar-refractivity contribution is 0.523. The summed E-state index contributed by atoms with van der Waals surface area (Å²) >= 11 is 1.87. The molecule has 0 radical (unpaired) electrons. The van der Waals surface area contributed by atoms with Gasteiger partial charge in [0.1, 0.15) is 0 Å². The van der Waals surface area contributed by atoms with Gasteiger partial charge in [-0.25, -0.2) is 13.1 Å². The number of hydrogen-bond acceptors (Lipinski definition) is 5. The number of aromatic nitrogens is 2. The molecule has 1 aliphatic rings. The van der Waals surface area contributed by atoms with E-state index in [0.29, 0.717) is 18.2 Å². The minimum Gasteiger partial charge on any atom is -0.310 e. The van der Waals surface area contributed by atoms with Crippen molar-refractivity contribution in [2.75, 3.05) is 11.5 Å². The highest BCUT2D eigenvalue weighted by Crippen LogP contribution is 2.20. The van der Waals surface area contributed by atoms with Gasteiger partial charge in [-0.15, -0.1) is 0 Å². The molecule has 0 unspecified atom stereocenters. The molecule has 0 spiro atoms. The molecule has 0 amide bonds. The minimum absolute atomic E-state index is 0.0375. The SMILES string of the molecule is CC(C)NCc1cn[nH]c1S(=O)(=O)NC1CCSCC1. The molecule has 8 heteroatoms. The molecule has 1 aromatic heterocycles. The quantitative estimate of drug-likeness (QED) is 0.731. The van der Waals surface area contributed by atoms with Crippen molar-refractivity contribution in [2.45, 2.75) is 50.3 Å². The first-order valence-electron chi connectivity index (χ1n) is 6.85. The highest BCUT2D eigenvalue weighted by atomic mass is 32.2. The van der Waals surface area contributed by atoms with E-state index in [1.54, 1.807) is 6.20 Å². The molecule has 0 saturated carbocycles. The average Bonchev–Trinajstić information content (AvgIpc) is 2.86. The fourth-order valence-electron chi connectivity index (χ4n) is 2.07. The van der Waals surface area contributed by atoms with Crippen molar-refractivity contribution in [1.29, 1.82) is 0 Å². The summed E-state index contributed by atoms with van der Waals surface area (Å²) in [4.78, 5) is 0. The molecule has 1 fully saturated rings. The molecule has 2 rings (SSSR count). The first kappa shape index (κ1) is 15.8. The highest BCUT2D eigenvalue weighted by molar-refractivity contribution is 7.99. The zero-order valence-electron chi connectivity index (χ0n) is 11.8. The topological polar surface area (TPSA) is 86.9 Å². The molecule has 1 saturated heterocycles. The van der Waals surface area contributed by atoms with Crippen molar-refractivity contribution in [3.8, 4) is 0 Å². The van der Waals surface area contributed by atoms with Crippen molar-refractivity contribution in [1.82, 2.24) is 20.2 Å². The third kappa shape index (κ3) is 4.21. The van der Waals surface area contributed by atoms with Crippen LogP contribution in [0.3, 0.4) is 0 Å². The summed E-state index contributed by atoms with van der Waals surface area (Å²) < 4.78 is 27.6. The van der Waals surface area contributed by atoms with Gasteiger partial charge in [-0.1, -0.05) is 13.8 Å². The first-order chi connectivity index (χ1) is 9.49. The minimum atomic E-state index is -3.51. The molecule has 20 heavy (non-hydrogen) atoms. The number of sulfonamides is 1. The van der Waals surface area contributed by atoms with E-state index in [9.17, 15) is 8.42 Å². The molecule has 1 aromatic rings. The first-order valence-corrected chi connectivity index (χ1v) is 9.48. The van der Waals surface area contributed by atoms with Gasteiger partial charge in [0.05, 0.1) is 6.20 Å². The van der Waals surface area contributed by atoms with Crippen LogP contribution in [-0.2, 0) is 16.6 Å². The maximum atomic E-state index is 12.4. The van der Waals surface area contributed by atoms with Gasteiger partial charge in [-0.2, -0.15) is 16.9 Å². The van der Waals surface area contributed by atoms with Gasteiger partial charge in [0.25, 0.3) is 10.0 Å². The Labute approximate surface area is 124 Å². The Kier molecular flexibility index (Phi) is 5.48. The second kappa shape index (κ2) is 6.93. The smallest absolute Gasteiger partial charge is 0.258 e. The van der Waals surface area contributed by atoms with E-state index in [0.717, 1.165) is 24.3 Å². The summed E-state index contributed by atoms with van der Waals surface area (Å²) in [6.45, 7) is 4.53. The van der Waals surface area contributed by atoms with Crippen LogP contribution in [0.2, 0.25) is 0 Å². The van der Waals surface area contributed by atoms with Gasteiger partial charge in [-0.3, -0.25) is 5.10 Å². The Morgan fingerprint density at radius 2 is 2.15 bits per heavy atom. The summed E-state index contributed by atoms with van der Waals surface area (Å²) in [7, 11) is -3.51. The maximum Gasteiger partial charge on any atom is 0.258 e. The van der Waals surface area contributed by atoms with E-state index in [4.69, 9.17) is 0 Å². The monoisotopic (exact) mass is 318 g/mol. The summed E-state index contributed by atoms with van der Waals surface area (Å²) in [5.41, 5.74) is 0.677. The lowest BCUT2D eigenvalue weighted by atomic mass is 10.2. The van der Waals surface area contributed by atoms with Crippen LogP contribution in [0.15, 0.2) is 11.2 Å². The number of nitrogens with zero attached hydrogens (tertiary/aromatic N) is 1. The predicted octanol–water partition coefficient (Wildman–Crippen LogP) is 1.08. The summed E-state index contributed by atoms with van der Waals surface area (Å²) in [5, 5.41) is 9.88. The lowest BCUT2D eigenvalue weighted by Crippen LogP contribution is -2.38. The molecule has 2 heterocycles. The molecule has 1 aliphatic heterocycles. The van der Waals surface area contributed by atoms with Crippen LogP contribution in [0, 0.1) is 0 Å². The number of H-pyrrole nitrogens is 1. The normalized spacial score (nSPS) is 17.8. The van der Waals surface area contributed by atoms with Gasteiger partial charge >= 0.3 is 0 Å².